The highest BCUT2D eigenvalue weighted by Gasteiger charge is 2.25. The van der Waals surface area contributed by atoms with Crippen LogP contribution in [0.4, 0.5) is 0 Å². The Labute approximate surface area is 93.4 Å². The van der Waals surface area contributed by atoms with Gasteiger partial charge in [0.2, 0.25) is 0 Å². The zero-order chi connectivity index (χ0) is 11.4. The lowest BCUT2D eigenvalue weighted by Gasteiger charge is -2.42. The van der Waals surface area contributed by atoms with Crippen molar-refractivity contribution in [3.8, 4) is 0 Å². The maximum absolute atomic E-state index is 10.8. The molecule has 1 saturated heterocycles. The number of carbonyl (C=O) groups excluding carboxylic acids is 1. The van der Waals surface area contributed by atoms with E-state index in [4.69, 9.17) is 0 Å². The molecule has 1 aliphatic rings. The van der Waals surface area contributed by atoms with Crippen molar-refractivity contribution in [1.82, 2.24) is 9.80 Å². The molecule has 15 heavy (non-hydrogen) atoms. The maximum Gasteiger partial charge on any atom is 0.129 e. The number of hydrogen-bond acceptors (Lipinski definition) is 3. The summed E-state index contributed by atoms with van der Waals surface area (Å²) in [6, 6.07) is 1.26. The first-order chi connectivity index (χ1) is 7.00. The monoisotopic (exact) mass is 212 g/mol. The van der Waals surface area contributed by atoms with E-state index in [1.807, 2.05) is 0 Å². The molecule has 0 N–H and O–H groups in total. The second kappa shape index (κ2) is 5.61. The Hall–Kier alpha value is -0.410. The molecule has 1 aliphatic heterocycles. The van der Waals surface area contributed by atoms with E-state index in [2.05, 4.69) is 30.7 Å². The summed E-state index contributed by atoms with van der Waals surface area (Å²) in [6.07, 6.45) is 1.74. The number of ketones is 1. The summed E-state index contributed by atoms with van der Waals surface area (Å²) in [7, 11) is 2.20. The predicted molar refractivity (Wildman–Crippen MR) is 63.0 cm³/mol. The molecule has 3 nitrogen and oxygen atoms in total. The summed E-state index contributed by atoms with van der Waals surface area (Å²) < 4.78 is 0. The minimum atomic E-state index is 0.310. The Morgan fingerprint density at radius 2 is 1.80 bits per heavy atom. The Morgan fingerprint density at radius 3 is 2.27 bits per heavy atom. The largest absolute Gasteiger partial charge is 0.300 e. The van der Waals surface area contributed by atoms with Crippen molar-refractivity contribution >= 4 is 5.78 Å². The molecule has 2 atom stereocenters. The van der Waals surface area contributed by atoms with Gasteiger partial charge in [-0.3, -0.25) is 4.90 Å². The van der Waals surface area contributed by atoms with E-state index in [1.165, 1.54) is 0 Å². The number of hydrogen-bond donors (Lipinski definition) is 0. The lowest BCUT2D eigenvalue weighted by molar-refractivity contribution is -0.117. The van der Waals surface area contributed by atoms with Crippen LogP contribution in [0.5, 0.6) is 0 Å². The fourth-order valence-electron chi connectivity index (χ4n) is 2.25. The van der Waals surface area contributed by atoms with Crippen molar-refractivity contribution in [2.24, 2.45) is 0 Å². The van der Waals surface area contributed by atoms with Crippen LogP contribution in [0, 0.1) is 0 Å². The summed E-state index contributed by atoms with van der Waals surface area (Å²) in [6.45, 7) is 9.57. The van der Waals surface area contributed by atoms with Crippen molar-refractivity contribution in [3.05, 3.63) is 0 Å². The molecule has 0 aromatic carbocycles. The Bertz CT molecular complexity index is 206. The number of piperazine rings is 1. The fourth-order valence-corrected chi connectivity index (χ4v) is 2.25. The molecule has 1 fully saturated rings. The van der Waals surface area contributed by atoms with Crippen molar-refractivity contribution < 1.29 is 4.79 Å². The molecule has 0 amide bonds. The molecule has 0 bridgehead atoms. The van der Waals surface area contributed by atoms with Crippen LogP contribution in [-0.2, 0) is 4.79 Å². The Balaban J connectivity index is 2.28. The lowest BCUT2D eigenvalue weighted by atomic mass is 10.1. The van der Waals surface area contributed by atoms with Crippen LogP contribution >= 0.6 is 0 Å². The van der Waals surface area contributed by atoms with Gasteiger partial charge in [-0.25, -0.2) is 0 Å². The molecule has 0 saturated carbocycles. The summed E-state index contributed by atoms with van der Waals surface area (Å²) in [5.74, 6) is 0.310. The Morgan fingerprint density at radius 1 is 1.27 bits per heavy atom. The van der Waals surface area contributed by atoms with Crippen molar-refractivity contribution in [2.75, 3.05) is 26.7 Å². The maximum atomic E-state index is 10.8. The predicted octanol–water partition coefficient (Wildman–Crippen LogP) is 1.38. The molecule has 0 spiro atoms. The van der Waals surface area contributed by atoms with Crippen LogP contribution < -0.4 is 0 Å². The topological polar surface area (TPSA) is 23.6 Å². The van der Waals surface area contributed by atoms with Gasteiger partial charge in [0.1, 0.15) is 5.78 Å². The van der Waals surface area contributed by atoms with Gasteiger partial charge in [0.15, 0.2) is 0 Å². The lowest BCUT2D eigenvalue weighted by Crippen LogP contribution is -2.54. The van der Waals surface area contributed by atoms with Crippen LogP contribution in [0.15, 0.2) is 0 Å². The van der Waals surface area contributed by atoms with E-state index < -0.39 is 0 Å². The third-order valence-corrected chi connectivity index (χ3v) is 3.44. The van der Waals surface area contributed by atoms with Gasteiger partial charge in [-0.15, -0.1) is 0 Å². The van der Waals surface area contributed by atoms with Gasteiger partial charge in [-0.1, -0.05) is 0 Å². The van der Waals surface area contributed by atoms with Crippen LogP contribution in [0.1, 0.15) is 33.6 Å². The molecule has 2 unspecified atom stereocenters. The number of likely N-dealkylation sites (N-methyl/N-ethyl adjacent to an activating group) is 1. The highest BCUT2D eigenvalue weighted by Crippen LogP contribution is 2.13. The smallest absolute Gasteiger partial charge is 0.129 e. The molecule has 0 aromatic heterocycles. The highest BCUT2D eigenvalue weighted by atomic mass is 16.1. The van der Waals surface area contributed by atoms with E-state index in [0.29, 0.717) is 17.9 Å². The first-order valence-corrected chi connectivity index (χ1v) is 5.94. The molecule has 0 aliphatic carbocycles. The molecule has 0 radical (unpaired) electrons. The van der Waals surface area contributed by atoms with Crippen molar-refractivity contribution in [1.29, 1.82) is 0 Å². The van der Waals surface area contributed by atoms with Gasteiger partial charge in [0.25, 0.3) is 0 Å². The molecule has 0 aromatic rings. The molecular formula is C12H24N2O. The number of carbonyl (C=O) groups is 1. The van der Waals surface area contributed by atoms with Crippen LogP contribution in [0.3, 0.4) is 0 Å². The van der Waals surface area contributed by atoms with E-state index in [9.17, 15) is 4.79 Å². The normalized spacial score (nSPS) is 29.3. The van der Waals surface area contributed by atoms with Crippen molar-refractivity contribution in [3.63, 3.8) is 0 Å². The number of rotatable bonds is 4. The highest BCUT2D eigenvalue weighted by molar-refractivity contribution is 5.75. The molecule has 1 rings (SSSR count). The Kier molecular flexibility index (Phi) is 4.74. The third-order valence-electron chi connectivity index (χ3n) is 3.44. The summed E-state index contributed by atoms with van der Waals surface area (Å²) in [5.41, 5.74) is 0. The second-order valence-electron chi connectivity index (χ2n) is 4.93. The zero-order valence-electron chi connectivity index (χ0n) is 10.5. The van der Waals surface area contributed by atoms with E-state index >= 15 is 0 Å². The minimum absolute atomic E-state index is 0.310. The van der Waals surface area contributed by atoms with Crippen LogP contribution in [-0.4, -0.2) is 54.3 Å². The van der Waals surface area contributed by atoms with Gasteiger partial charge in [0.05, 0.1) is 0 Å². The summed E-state index contributed by atoms with van der Waals surface area (Å²) in [4.78, 5) is 15.8. The third kappa shape index (κ3) is 3.92. The first kappa shape index (κ1) is 12.7. The first-order valence-electron chi connectivity index (χ1n) is 5.94. The second-order valence-corrected chi connectivity index (χ2v) is 4.93. The minimum Gasteiger partial charge on any atom is -0.300 e. The van der Waals surface area contributed by atoms with Gasteiger partial charge in [0, 0.05) is 31.6 Å². The standard InChI is InChI=1S/C12H24N2O/c1-10-8-14(7-5-6-12(3)15)9-11(2)13(10)4/h10-11H,5-9H2,1-4H3. The van der Waals surface area contributed by atoms with E-state index in [1.54, 1.807) is 6.92 Å². The fraction of sp³-hybridized carbons (Fsp3) is 0.917. The van der Waals surface area contributed by atoms with E-state index in [0.717, 1.165) is 32.5 Å². The van der Waals surface area contributed by atoms with Crippen molar-refractivity contribution in [2.45, 2.75) is 45.7 Å². The average molecular weight is 212 g/mol. The quantitative estimate of drug-likeness (QED) is 0.703. The summed E-state index contributed by atoms with van der Waals surface area (Å²) >= 11 is 0. The zero-order valence-corrected chi connectivity index (χ0v) is 10.5. The molecular weight excluding hydrogens is 188 g/mol. The summed E-state index contributed by atoms with van der Waals surface area (Å²) in [5, 5.41) is 0. The molecule has 3 heteroatoms. The molecule has 88 valence electrons. The van der Waals surface area contributed by atoms with Gasteiger partial charge in [-0.05, 0) is 40.8 Å². The van der Waals surface area contributed by atoms with Gasteiger partial charge >= 0.3 is 0 Å². The SMILES string of the molecule is CC(=O)CCCN1CC(C)N(C)C(C)C1. The van der Waals surface area contributed by atoms with Gasteiger partial charge in [-0.2, -0.15) is 0 Å². The van der Waals surface area contributed by atoms with Gasteiger partial charge < -0.3 is 9.69 Å². The number of nitrogens with zero attached hydrogens (tertiary/aromatic N) is 2. The molecule has 1 heterocycles. The average Bonchev–Trinajstić information content (AvgIpc) is 2.13. The van der Waals surface area contributed by atoms with E-state index in [-0.39, 0.29) is 0 Å². The van der Waals surface area contributed by atoms with Crippen LogP contribution in [0.2, 0.25) is 0 Å². The number of Topliss-reactive ketones (excluding diaryl/α,β-unsaturated/α-hetero) is 1. The van der Waals surface area contributed by atoms with Crippen LogP contribution in [0.25, 0.3) is 0 Å².